The molecule has 108 valence electrons. The van der Waals surface area contributed by atoms with Crippen molar-refractivity contribution in [3.8, 4) is 0 Å². The van der Waals surface area contributed by atoms with Crippen molar-refractivity contribution in [3.63, 3.8) is 0 Å². The van der Waals surface area contributed by atoms with Crippen molar-refractivity contribution in [1.82, 2.24) is 14.6 Å². The summed E-state index contributed by atoms with van der Waals surface area (Å²) in [4.78, 5) is 0.0910. The molecule has 0 aromatic carbocycles. The van der Waals surface area contributed by atoms with Gasteiger partial charge in [0, 0.05) is 6.20 Å². The average Bonchev–Trinajstić information content (AvgIpc) is 2.79. The van der Waals surface area contributed by atoms with Gasteiger partial charge in [-0.05, 0) is 30.1 Å². The summed E-state index contributed by atoms with van der Waals surface area (Å²) in [5, 5.41) is 11.1. The molecule has 0 radical (unpaired) electrons. The van der Waals surface area contributed by atoms with E-state index in [9.17, 15) is 8.42 Å². The summed E-state index contributed by atoms with van der Waals surface area (Å²) in [7, 11) is -3.41. The molecule has 7 nitrogen and oxygen atoms in total. The first-order valence-electron chi connectivity index (χ1n) is 6.03. The molecule has 0 bridgehead atoms. The third kappa shape index (κ3) is 3.23. The number of nitrogens with one attached hydrogen (secondary N) is 1. The fourth-order valence-corrected chi connectivity index (χ4v) is 4.29. The number of sulfone groups is 1. The van der Waals surface area contributed by atoms with Gasteiger partial charge in [0.2, 0.25) is 0 Å². The first-order valence-corrected chi connectivity index (χ1v) is 8.45. The molecule has 20 heavy (non-hydrogen) atoms. The lowest BCUT2D eigenvalue weighted by molar-refractivity contribution is 0.595. The van der Waals surface area contributed by atoms with E-state index in [1.165, 1.54) is 0 Å². The Kier molecular flexibility index (Phi) is 4.50. The van der Waals surface area contributed by atoms with Gasteiger partial charge in [-0.3, -0.25) is 0 Å². The van der Waals surface area contributed by atoms with Gasteiger partial charge >= 0.3 is 0 Å². The molecule has 0 aliphatic heterocycles. The zero-order valence-corrected chi connectivity index (χ0v) is 12.5. The van der Waals surface area contributed by atoms with Gasteiger partial charge in [-0.1, -0.05) is 6.92 Å². The summed E-state index contributed by atoms with van der Waals surface area (Å²) < 4.78 is 28.2. The van der Waals surface area contributed by atoms with E-state index in [1.54, 1.807) is 25.3 Å². The van der Waals surface area contributed by atoms with E-state index in [1.807, 2.05) is 0 Å². The smallest absolute Gasteiger partial charge is 0.185 e. The Morgan fingerprint density at radius 1 is 1.45 bits per heavy atom. The average molecular weight is 313 g/mol. The summed E-state index contributed by atoms with van der Waals surface area (Å²) in [5.74, 6) is 0.0974. The Hall–Kier alpha value is -1.74. The maximum absolute atomic E-state index is 12.2. The minimum atomic E-state index is -3.41. The third-order valence-electron chi connectivity index (χ3n) is 2.52. The van der Waals surface area contributed by atoms with Gasteiger partial charge in [-0.2, -0.15) is 14.6 Å². The lowest BCUT2D eigenvalue weighted by atomic mass is 10.4. The second-order valence-electron chi connectivity index (χ2n) is 4.11. The van der Waals surface area contributed by atoms with Gasteiger partial charge in [0.25, 0.3) is 0 Å². The molecule has 0 saturated heterocycles. The van der Waals surface area contributed by atoms with Crippen LogP contribution in [0.1, 0.15) is 19.0 Å². The van der Waals surface area contributed by atoms with Crippen molar-refractivity contribution in [2.24, 2.45) is 0 Å². The molecular formula is C11H15N5O2S2. The predicted octanol–water partition coefficient (Wildman–Crippen LogP) is 1.31. The van der Waals surface area contributed by atoms with Crippen LogP contribution in [-0.2, 0) is 16.4 Å². The van der Waals surface area contributed by atoms with Crippen LogP contribution >= 0.6 is 11.5 Å². The molecule has 0 atom stereocenters. The highest BCUT2D eigenvalue weighted by Gasteiger charge is 2.24. The van der Waals surface area contributed by atoms with Crippen LogP contribution in [0.25, 0.3) is 0 Å². The number of nitrogens with two attached hydrogens (primary N) is 1. The Labute approximate surface area is 121 Å². The number of nitrogens with zero attached hydrogens (tertiary/aromatic N) is 3. The van der Waals surface area contributed by atoms with Gasteiger partial charge in [-0.25, -0.2) is 8.42 Å². The number of hydrogen-bond acceptors (Lipinski definition) is 8. The van der Waals surface area contributed by atoms with Crippen molar-refractivity contribution in [2.75, 3.05) is 16.8 Å². The molecule has 2 rings (SSSR count). The van der Waals surface area contributed by atoms with Crippen LogP contribution in [0.5, 0.6) is 0 Å². The van der Waals surface area contributed by atoms with Crippen molar-refractivity contribution in [2.45, 2.75) is 24.8 Å². The summed E-state index contributed by atoms with van der Waals surface area (Å²) >= 11 is 1.03. The highest BCUT2D eigenvalue weighted by molar-refractivity contribution is 7.91. The minimum absolute atomic E-state index is 0.0464. The summed E-state index contributed by atoms with van der Waals surface area (Å²) in [6, 6.07) is 3.56. The SMILES string of the molecule is CCCS(=O)(=O)c1c(N)nsc1NCc1cccnn1. The quantitative estimate of drug-likeness (QED) is 0.827. The standard InChI is InChI=1S/C11H15N5O2S2/c1-2-6-20(17,18)9-10(12)16-19-11(9)13-7-8-4-3-5-14-15-8/h3-5,13H,2,6-7H2,1H3,(H2,12,16). The monoisotopic (exact) mass is 313 g/mol. The van der Waals surface area contributed by atoms with Gasteiger partial charge < -0.3 is 11.1 Å². The van der Waals surface area contributed by atoms with Crippen LogP contribution in [0.15, 0.2) is 23.2 Å². The van der Waals surface area contributed by atoms with Gasteiger partial charge in [-0.15, -0.1) is 0 Å². The van der Waals surface area contributed by atoms with E-state index in [0.29, 0.717) is 23.7 Å². The van der Waals surface area contributed by atoms with E-state index in [4.69, 9.17) is 5.73 Å². The van der Waals surface area contributed by atoms with Crippen LogP contribution in [0.4, 0.5) is 10.8 Å². The van der Waals surface area contributed by atoms with Crippen LogP contribution in [0, 0.1) is 0 Å². The topological polar surface area (TPSA) is 111 Å². The molecule has 0 fully saturated rings. The molecule has 0 aliphatic carbocycles. The first kappa shape index (κ1) is 14.7. The molecular weight excluding hydrogens is 298 g/mol. The minimum Gasteiger partial charge on any atom is -0.382 e. The number of nitrogen functional groups attached to an aromatic ring is 1. The molecule has 9 heteroatoms. The maximum Gasteiger partial charge on any atom is 0.185 e. The second kappa shape index (κ2) is 6.14. The fraction of sp³-hybridized carbons (Fsp3) is 0.364. The lowest BCUT2D eigenvalue weighted by Crippen LogP contribution is -2.11. The number of hydrogen-bond donors (Lipinski definition) is 2. The Bertz CT molecular complexity index is 669. The number of aromatic nitrogens is 3. The van der Waals surface area contributed by atoms with Crippen LogP contribution in [0.3, 0.4) is 0 Å². The highest BCUT2D eigenvalue weighted by Crippen LogP contribution is 2.32. The van der Waals surface area contributed by atoms with E-state index >= 15 is 0 Å². The fourth-order valence-electron chi connectivity index (χ4n) is 1.68. The van der Waals surface area contributed by atoms with Gasteiger partial charge in [0.1, 0.15) is 9.90 Å². The molecule has 2 aromatic heterocycles. The predicted molar refractivity (Wildman–Crippen MR) is 78.2 cm³/mol. The summed E-state index contributed by atoms with van der Waals surface area (Å²) in [6.45, 7) is 2.17. The highest BCUT2D eigenvalue weighted by atomic mass is 32.2. The number of anilines is 2. The zero-order valence-electron chi connectivity index (χ0n) is 10.9. The maximum atomic E-state index is 12.2. The number of rotatable bonds is 6. The first-order chi connectivity index (χ1) is 9.54. The normalized spacial score (nSPS) is 11.4. The Balaban J connectivity index is 2.22. The zero-order chi connectivity index (χ0) is 14.6. The molecule has 0 aliphatic rings. The molecule has 2 heterocycles. The van der Waals surface area contributed by atoms with Crippen LogP contribution in [-0.4, -0.2) is 28.7 Å². The Morgan fingerprint density at radius 2 is 2.25 bits per heavy atom. The second-order valence-corrected chi connectivity index (χ2v) is 6.93. The van der Waals surface area contributed by atoms with Gasteiger partial charge in [0.15, 0.2) is 15.7 Å². The largest absolute Gasteiger partial charge is 0.382 e. The molecule has 0 saturated carbocycles. The van der Waals surface area contributed by atoms with Crippen molar-refractivity contribution in [1.29, 1.82) is 0 Å². The van der Waals surface area contributed by atoms with Crippen molar-refractivity contribution < 1.29 is 8.42 Å². The molecule has 2 aromatic rings. The van der Waals surface area contributed by atoms with Crippen LogP contribution < -0.4 is 11.1 Å². The Morgan fingerprint density at radius 3 is 2.90 bits per heavy atom. The van der Waals surface area contributed by atoms with Crippen molar-refractivity contribution >= 4 is 32.2 Å². The molecule has 3 N–H and O–H groups in total. The molecule has 0 spiro atoms. The van der Waals surface area contributed by atoms with Crippen LogP contribution in [0.2, 0.25) is 0 Å². The van der Waals surface area contributed by atoms with E-state index in [2.05, 4.69) is 19.9 Å². The molecule has 0 amide bonds. The summed E-state index contributed by atoms with van der Waals surface area (Å²) in [5.41, 5.74) is 6.39. The van der Waals surface area contributed by atoms with E-state index < -0.39 is 9.84 Å². The van der Waals surface area contributed by atoms with E-state index in [-0.39, 0.29) is 16.5 Å². The lowest BCUT2D eigenvalue weighted by Gasteiger charge is -2.07. The summed E-state index contributed by atoms with van der Waals surface area (Å²) in [6.07, 6.45) is 2.10. The molecule has 0 unspecified atom stereocenters. The third-order valence-corrected chi connectivity index (χ3v) is 5.44. The van der Waals surface area contributed by atoms with E-state index in [0.717, 1.165) is 11.5 Å². The van der Waals surface area contributed by atoms with Gasteiger partial charge in [0.05, 0.1) is 18.0 Å². The van der Waals surface area contributed by atoms with Crippen molar-refractivity contribution in [3.05, 3.63) is 24.0 Å².